The maximum Gasteiger partial charge on any atom is 0.265 e. The fourth-order valence-corrected chi connectivity index (χ4v) is 1.21. The molecule has 0 rings (SSSR count). The molecule has 10 heavy (non-hydrogen) atoms. The topological polar surface area (TPSA) is 43.4 Å². The smallest absolute Gasteiger partial charge is 0.251 e. The van der Waals surface area contributed by atoms with E-state index in [4.69, 9.17) is 6.42 Å². The van der Waals surface area contributed by atoms with Crippen molar-refractivity contribution in [1.29, 1.82) is 0 Å². The van der Waals surface area contributed by atoms with Gasteiger partial charge in [-0.2, -0.15) is 8.42 Å². The molecule has 0 spiro atoms. The second-order valence-electron chi connectivity index (χ2n) is 2.44. The first-order valence-corrected chi connectivity index (χ1v) is 4.47. The molecular formula is C6H10O3S. The van der Waals surface area contributed by atoms with E-state index in [1.807, 2.05) is 0 Å². The monoisotopic (exact) mass is 162 g/mol. The highest BCUT2D eigenvalue weighted by Gasteiger charge is 2.20. The molecule has 0 aromatic carbocycles. The Morgan fingerprint density at radius 2 is 1.90 bits per heavy atom. The molecular weight excluding hydrogens is 152 g/mol. The summed E-state index contributed by atoms with van der Waals surface area (Å²) >= 11 is 0. The predicted octanol–water partition coefficient (Wildman–Crippen LogP) is 0.374. The van der Waals surface area contributed by atoms with E-state index in [0.29, 0.717) is 0 Å². The lowest BCUT2D eigenvalue weighted by molar-refractivity contribution is 0.183. The summed E-state index contributed by atoms with van der Waals surface area (Å²) in [6.07, 6.45) is 5.94. The number of hydrogen-bond donors (Lipinski definition) is 0. The van der Waals surface area contributed by atoms with Gasteiger partial charge < -0.3 is 0 Å². The normalized spacial score (nSPS) is 12.6. The van der Waals surface area contributed by atoms with Gasteiger partial charge in [-0.25, -0.2) is 0 Å². The average Bonchev–Trinajstić information content (AvgIpc) is 1.60. The third-order valence-electron chi connectivity index (χ3n) is 0.707. The quantitative estimate of drug-likeness (QED) is 0.435. The van der Waals surface area contributed by atoms with Crippen LogP contribution in [0.2, 0.25) is 0 Å². The highest BCUT2D eigenvalue weighted by Crippen LogP contribution is 2.09. The van der Waals surface area contributed by atoms with Gasteiger partial charge in [-0.1, -0.05) is 5.92 Å². The average molecular weight is 162 g/mol. The van der Waals surface area contributed by atoms with Crippen LogP contribution in [0, 0.1) is 12.3 Å². The summed E-state index contributed by atoms with van der Waals surface area (Å²) in [6.45, 7) is 3.02. The van der Waals surface area contributed by atoms with E-state index in [9.17, 15) is 8.42 Å². The summed E-state index contributed by atoms with van der Waals surface area (Å²) in [5.41, 5.74) is -1.03. The molecule has 4 heteroatoms. The Hall–Kier alpha value is -0.530. The van der Waals surface area contributed by atoms with Crippen LogP contribution in [-0.4, -0.2) is 20.3 Å². The standard InChI is InChI=1S/C6H10O3S/c1-5-6(2,3)9-10(4,7)8/h1H,2-4H3. The molecule has 0 aliphatic carbocycles. The number of terminal acetylenes is 1. The lowest BCUT2D eigenvalue weighted by Gasteiger charge is -2.15. The molecule has 0 bridgehead atoms. The van der Waals surface area contributed by atoms with Crippen LogP contribution >= 0.6 is 0 Å². The fourth-order valence-electron chi connectivity index (χ4n) is 0.402. The largest absolute Gasteiger partial charge is 0.265 e. The van der Waals surface area contributed by atoms with Crippen molar-refractivity contribution in [2.75, 3.05) is 6.26 Å². The van der Waals surface area contributed by atoms with Crippen LogP contribution in [0.1, 0.15) is 13.8 Å². The summed E-state index contributed by atoms with van der Waals surface area (Å²) in [7, 11) is -3.44. The van der Waals surface area contributed by atoms with Crippen molar-refractivity contribution in [1.82, 2.24) is 0 Å². The van der Waals surface area contributed by atoms with E-state index < -0.39 is 15.7 Å². The zero-order chi connectivity index (χ0) is 8.41. The molecule has 0 aromatic rings. The van der Waals surface area contributed by atoms with E-state index in [0.717, 1.165) is 6.26 Å². The van der Waals surface area contributed by atoms with Crippen LogP contribution < -0.4 is 0 Å². The van der Waals surface area contributed by atoms with Crippen molar-refractivity contribution in [3.8, 4) is 12.3 Å². The highest BCUT2D eigenvalue weighted by atomic mass is 32.2. The highest BCUT2D eigenvalue weighted by molar-refractivity contribution is 7.86. The van der Waals surface area contributed by atoms with Crippen LogP contribution in [-0.2, 0) is 14.3 Å². The molecule has 0 unspecified atom stereocenters. The van der Waals surface area contributed by atoms with Gasteiger partial charge >= 0.3 is 0 Å². The van der Waals surface area contributed by atoms with Crippen LogP contribution in [0.5, 0.6) is 0 Å². The van der Waals surface area contributed by atoms with E-state index in [-0.39, 0.29) is 0 Å². The van der Waals surface area contributed by atoms with Gasteiger partial charge in [0.1, 0.15) is 5.60 Å². The van der Waals surface area contributed by atoms with Crippen LogP contribution in [0.3, 0.4) is 0 Å². The molecule has 0 amide bonds. The minimum Gasteiger partial charge on any atom is -0.251 e. The summed E-state index contributed by atoms with van der Waals surface area (Å²) in [5, 5.41) is 0. The molecule has 0 N–H and O–H groups in total. The molecule has 0 aromatic heterocycles. The van der Waals surface area contributed by atoms with E-state index >= 15 is 0 Å². The lowest BCUT2D eigenvalue weighted by Crippen LogP contribution is -2.25. The maximum atomic E-state index is 10.5. The minimum atomic E-state index is -3.44. The molecule has 0 heterocycles. The summed E-state index contributed by atoms with van der Waals surface area (Å²) in [5.74, 6) is 2.20. The third-order valence-corrected chi connectivity index (χ3v) is 1.43. The van der Waals surface area contributed by atoms with Crippen molar-refractivity contribution in [3.05, 3.63) is 0 Å². The zero-order valence-corrected chi connectivity index (χ0v) is 7.03. The summed E-state index contributed by atoms with van der Waals surface area (Å²) < 4.78 is 25.5. The van der Waals surface area contributed by atoms with Crippen molar-refractivity contribution in [2.24, 2.45) is 0 Å². The van der Waals surface area contributed by atoms with E-state index in [1.165, 1.54) is 13.8 Å². The zero-order valence-electron chi connectivity index (χ0n) is 6.21. The molecule has 0 aliphatic rings. The van der Waals surface area contributed by atoms with E-state index in [2.05, 4.69) is 10.1 Å². The SMILES string of the molecule is C#CC(C)(C)OS(C)(=O)=O. The Morgan fingerprint density at radius 1 is 1.50 bits per heavy atom. The molecule has 0 atom stereocenters. The number of rotatable bonds is 2. The molecule has 0 aliphatic heterocycles. The van der Waals surface area contributed by atoms with Crippen molar-refractivity contribution in [3.63, 3.8) is 0 Å². The molecule has 3 nitrogen and oxygen atoms in total. The van der Waals surface area contributed by atoms with Crippen LogP contribution in [0.15, 0.2) is 0 Å². The first-order chi connectivity index (χ1) is 4.27. The maximum absolute atomic E-state index is 10.5. The van der Waals surface area contributed by atoms with Crippen molar-refractivity contribution < 1.29 is 12.6 Å². The molecule has 0 radical (unpaired) electrons. The van der Waals surface area contributed by atoms with Gasteiger partial charge in [0.15, 0.2) is 0 Å². The van der Waals surface area contributed by atoms with Crippen molar-refractivity contribution in [2.45, 2.75) is 19.4 Å². The van der Waals surface area contributed by atoms with Gasteiger partial charge in [0.2, 0.25) is 0 Å². The summed E-state index contributed by atoms with van der Waals surface area (Å²) in [6, 6.07) is 0. The lowest BCUT2D eigenvalue weighted by atomic mass is 10.2. The van der Waals surface area contributed by atoms with Gasteiger partial charge in [-0.3, -0.25) is 4.18 Å². The Balaban J connectivity index is 4.35. The molecule has 0 saturated heterocycles. The Bertz CT molecular complexity index is 243. The molecule has 0 saturated carbocycles. The second kappa shape index (κ2) is 2.60. The first-order valence-electron chi connectivity index (χ1n) is 2.65. The van der Waals surface area contributed by atoms with E-state index in [1.54, 1.807) is 0 Å². The Labute approximate surface area is 61.5 Å². The van der Waals surface area contributed by atoms with Gasteiger partial charge in [-0.05, 0) is 13.8 Å². The van der Waals surface area contributed by atoms with Gasteiger partial charge in [0.25, 0.3) is 10.1 Å². The fraction of sp³-hybridized carbons (Fsp3) is 0.667. The Morgan fingerprint density at radius 3 is 2.00 bits per heavy atom. The van der Waals surface area contributed by atoms with Crippen LogP contribution in [0.25, 0.3) is 0 Å². The van der Waals surface area contributed by atoms with Gasteiger partial charge in [0.05, 0.1) is 6.26 Å². The molecule has 58 valence electrons. The minimum absolute atomic E-state index is 0.964. The van der Waals surface area contributed by atoms with Gasteiger partial charge in [0, 0.05) is 0 Å². The first kappa shape index (κ1) is 9.47. The third kappa shape index (κ3) is 4.36. The summed E-state index contributed by atoms with van der Waals surface area (Å²) in [4.78, 5) is 0. The van der Waals surface area contributed by atoms with Crippen molar-refractivity contribution >= 4 is 10.1 Å². The number of hydrogen-bond acceptors (Lipinski definition) is 3. The van der Waals surface area contributed by atoms with Crippen LogP contribution in [0.4, 0.5) is 0 Å². The molecule has 0 fully saturated rings. The predicted molar refractivity (Wildman–Crippen MR) is 38.8 cm³/mol. The van der Waals surface area contributed by atoms with Gasteiger partial charge in [-0.15, -0.1) is 6.42 Å². The Kier molecular flexibility index (Phi) is 2.47. The second-order valence-corrected chi connectivity index (χ2v) is 4.02.